The summed E-state index contributed by atoms with van der Waals surface area (Å²) in [6.45, 7) is 0. The number of benzene rings is 1. The first kappa shape index (κ1) is 7.52. The van der Waals surface area contributed by atoms with Crippen LogP contribution in [0, 0.1) is 0 Å². The largest absolute Gasteiger partial charge is 0.508 e. The summed E-state index contributed by atoms with van der Waals surface area (Å²) in [4.78, 5) is 5.58. The summed E-state index contributed by atoms with van der Waals surface area (Å²) >= 11 is 0. The van der Waals surface area contributed by atoms with Gasteiger partial charge in [-0.25, -0.2) is 0 Å². The maximum Gasteiger partial charge on any atom is 0.117 e. The molecule has 2 aromatic rings. The van der Waals surface area contributed by atoms with E-state index in [-0.39, 0.29) is 5.75 Å². The van der Waals surface area contributed by atoms with E-state index in [2.05, 4.69) is 15.0 Å². The highest BCUT2D eigenvalue weighted by atomic mass is 16.3. The molecule has 2 rings (SSSR count). The molecule has 0 atom stereocenters. The van der Waals surface area contributed by atoms with Crippen LogP contribution in [0.15, 0.2) is 29.5 Å². The molecule has 0 bridgehead atoms. The lowest BCUT2D eigenvalue weighted by Gasteiger charge is -1.91. The Balaban J connectivity index is 2.75. The van der Waals surface area contributed by atoms with E-state index < -0.39 is 0 Å². The summed E-state index contributed by atoms with van der Waals surface area (Å²) < 4.78 is 0. The number of hydrogen-bond acceptors (Lipinski definition) is 2. The van der Waals surface area contributed by atoms with Crippen molar-refractivity contribution in [1.29, 1.82) is 0 Å². The second-order valence-electron chi connectivity index (χ2n) is 2.59. The number of fused-ring (bicyclic) bond motifs is 1. The molecule has 0 amide bonds. The summed E-state index contributed by atoms with van der Waals surface area (Å²) in [5.74, 6) is 0.182. The van der Waals surface area contributed by atoms with E-state index in [4.69, 9.17) is 10.6 Å². The number of aromatic nitrogens is 1. The molecule has 5 heteroatoms. The van der Waals surface area contributed by atoms with Crippen LogP contribution in [0.3, 0.4) is 0 Å². The van der Waals surface area contributed by atoms with Crippen molar-refractivity contribution in [1.82, 2.24) is 4.98 Å². The Kier molecular flexibility index (Phi) is 1.58. The van der Waals surface area contributed by atoms with Crippen LogP contribution in [0.4, 0.5) is 5.69 Å². The van der Waals surface area contributed by atoms with Crippen molar-refractivity contribution >= 4 is 16.6 Å². The van der Waals surface area contributed by atoms with E-state index >= 15 is 0 Å². The highest BCUT2D eigenvalue weighted by Gasteiger charge is 2.01. The highest BCUT2D eigenvalue weighted by molar-refractivity contribution is 5.91. The van der Waals surface area contributed by atoms with Crippen molar-refractivity contribution in [2.45, 2.75) is 0 Å². The average molecular weight is 174 g/mol. The normalized spacial score (nSPS) is 9.85. The Labute approximate surface area is 73.3 Å². The number of aromatic hydroxyl groups is 1. The van der Waals surface area contributed by atoms with Gasteiger partial charge in [0.15, 0.2) is 0 Å². The van der Waals surface area contributed by atoms with Crippen molar-refractivity contribution in [2.75, 3.05) is 0 Å². The molecule has 0 aliphatic heterocycles. The third-order valence-electron chi connectivity index (χ3n) is 1.80. The van der Waals surface area contributed by atoms with Crippen molar-refractivity contribution in [2.24, 2.45) is 5.11 Å². The van der Waals surface area contributed by atoms with Gasteiger partial charge in [-0.15, -0.1) is 0 Å². The molecule has 0 aliphatic rings. The number of rotatable bonds is 1. The second-order valence-corrected chi connectivity index (χ2v) is 2.59. The lowest BCUT2D eigenvalue weighted by Crippen LogP contribution is -1.66. The lowest BCUT2D eigenvalue weighted by molar-refractivity contribution is 0.476. The van der Waals surface area contributed by atoms with Gasteiger partial charge in [-0.1, -0.05) is 5.11 Å². The number of phenolic OH excluding ortho intramolecular Hbond substituents is 1. The highest BCUT2D eigenvalue weighted by Crippen LogP contribution is 2.28. The van der Waals surface area contributed by atoms with Gasteiger partial charge in [-0.2, -0.15) is 0 Å². The Bertz CT molecular complexity index is 496. The van der Waals surface area contributed by atoms with Gasteiger partial charge in [0.1, 0.15) is 5.75 Å². The van der Waals surface area contributed by atoms with E-state index in [1.54, 1.807) is 24.4 Å². The molecule has 0 spiro atoms. The summed E-state index contributed by atoms with van der Waals surface area (Å²) in [6.07, 6.45) is 1.60. The molecule has 0 radical (unpaired) electrons. The number of nitrogens with zero attached hydrogens (tertiary/aromatic N) is 3. The minimum absolute atomic E-state index is 0.182. The molecule has 0 aliphatic carbocycles. The molecule has 0 saturated carbocycles. The Morgan fingerprint density at radius 2 is 2.31 bits per heavy atom. The van der Waals surface area contributed by atoms with Gasteiger partial charge in [0, 0.05) is 28.1 Å². The van der Waals surface area contributed by atoms with Crippen molar-refractivity contribution < 1.29 is 5.11 Å². The predicted octanol–water partition coefficient (Wildman–Crippen LogP) is 2.82. The fraction of sp³-hybridized carbons (Fsp3) is 0. The third-order valence-corrected chi connectivity index (χ3v) is 1.80. The number of H-pyrrole nitrogens is 1. The van der Waals surface area contributed by atoms with Crippen LogP contribution in [-0.2, 0) is 0 Å². The van der Waals surface area contributed by atoms with E-state index in [1.807, 2.05) is 0 Å². The van der Waals surface area contributed by atoms with Crippen LogP contribution < -0.4 is 0 Å². The van der Waals surface area contributed by atoms with Gasteiger partial charge in [-0.3, -0.25) is 0 Å². The number of nitrogens with one attached hydrogen (secondary N) is 1. The average Bonchev–Trinajstić information content (AvgIpc) is 2.49. The minimum atomic E-state index is 0.182. The molecule has 1 aromatic heterocycles. The topological polar surface area (TPSA) is 84.8 Å². The van der Waals surface area contributed by atoms with E-state index in [1.165, 1.54) is 0 Å². The molecular formula is C8H6N4O. The maximum atomic E-state index is 9.15. The van der Waals surface area contributed by atoms with Gasteiger partial charge in [0.05, 0.1) is 5.69 Å². The Morgan fingerprint density at radius 3 is 3.08 bits per heavy atom. The number of azide groups is 1. The Morgan fingerprint density at radius 1 is 1.46 bits per heavy atom. The van der Waals surface area contributed by atoms with E-state index in [0.29, 0.717) is 5.69 Å². The first-order chi connectivity index (χ1) is 6.31. The standard InChI is InChI=1S/C8H6N4O/c9-12-11-8-4-10-7-3-5(13)1-2-6(7)8/h1-4,10,13H. The minimum Gasteiger partial charge on any atom is -0.508 e. The monoisotopic (exact) mass is 174 g/mol. The predicted molar refractivity (Wildman–Crippen MR) is 48.8 cm³/mol. The van der Waals surface area contributed by atoms with E-state index in [9.17, 15) is 0 Å². The van der Waals surface area contributed by atoms with Gasteiger partial charge < -0.3 is 10.1 Å². The van der Waals surface area contributed by atoms with Crippen molar-refractivity contribution in [3.8, 4) is 5.75 Å². The van der Waals surface area contributed by atoms with Crippen LogP contribution in [0.5, 0.6) is 5.75 Å². The molecule has 0 fully saturated rings. The van der Waals surface area contributed by atoms with Crippen LogP contribution >= 0.6 is 0 Å². The first-order valence-electron chi connectivity index (χ1n) is 3.66. The van der Waals surface area contributed by atoms with Crippen LogP contribution in [0.1, 0.15) is 0 Å². The van der Waals surface area contributed by atoms with Crippen LogP contribution in [0.2, 0.25) is 0 Å². The molecule has 64 valence electrons. The second kappa shape index (κ2) is 2.73. The molecule has 0 saturated heterocycles. The molecule has 5 nitrogen and oxygen atoms in total. The van der Waals surface area contributed by atoms with Gasteiger partial charge in [-0.05, 0) is 17.7 Å². The van der Waals surface area contributed by atoms with Crippen molar-refractivity contribution in [3.63, 3.8) is 0 Å². The lowest BCUT2D eigenvalue weighted by atomic mass is 10.2. The molecule has 0 unspecified atom stereocenters. The SMILES string of the molecule is [N-]=[N+]=Nc1c[nH]c2cc(O)ccc12. The molecular weight excluding hydrogens is 168 g/mol. The van der Waals surface area contributed by atoms with Crippen molar-refractivity contribution in [3.05, 3.63) is 34.8 Å². The molecule has 13 heavy (non-hydrogen) atoms. The summed E-state index contributed by atoms with van der Waals surface area (Å²) in [7, 11) is 0. The first-order valence-corrected chi connectivity index (χ1v) is 3.66. The number of aromatic amines is 1. The van der Waals surface area contributed by atoms with Gasteiger partial charge in [0.25, 0.3) is 0 Å². The summed E-state index contributed by atoms with van der Waals surface area (Å²) in [6, 6.07) is 4.82. The quantitative estimate of drug-likeness (QED) is 0.388. The molecule has 2 N–H and O–H groups in total. The zero-order valence-corrected chi connectivity index (χ0v) is 6.60. The van der Waals surface area contributed by atoms with Gasteiger partial charge in [0.2, 0.25) is 0 Å². The van der Waals surface area contributed by atoms with Gasteiger partial charge >= 0.3 is 0 Å². The Hall–Kier alpha value is -2.13. The fourth-order valence-electron chi connectivity index (χ4n) is 1.23. The summed E-state index contributed by atoms with van der Waals surface area (Å²) in [5.41, 5.74) is 9.54. The third kappa shape index (κ3) is 1.17. The smallest absolute Gasteiger partial charge is 0.117 e. The molecule has 1 heterocycles. The van der Waals surface area contributed by atoms with Crippen LogP contribution in [-0.4, -0.2) is 10.1 Å². The number of hydrogen-bond donors (Lipinski definition) is 2. The molecule has 1 aromatic carbocycles. The zero-order chi connectivity index (χ0) is 9.26. The fourth-order valence-corrected chi connectivity index (χ4v) is 1.23. The van der Waals surface area contributed by atoms with E-state index in [0.717, 1.165) is 10.9 Å². The zero-order valence-electron chi connectivity index (χ0n) is 6.60. The number of phenols is 1. The van der Waals surface area contributed by atoms with Crippen LogP contribution in [0.25, 0.3) is 21.3 Å². The summed E-state index contributed by atoms with van der Waals surface area (Å²) in [5, 5.41) is 13.4. The maximum absolute atomic E-state index is 9.15.